The zero-order valence-electron chi connectivity index (χ0n) is 24.8. The maximum absolute atomic E-state index is 4.46. The number of anilines is 2. The quantitative estimate of drug-likeness (QED) is 0.204. The van der Waals surface area contributed by atoms with Crippen LogP contribution < -0.4 is 4.90 Å². The SMILES string of the molecule is C=C1/C=C\c2c([nH]c3ccccc23)CN(c2ccc(-c3ccc4c5ccccc5c5ccccc5c4c3)cc2)c2ccccc21. The summed E-state index contributed by atoms with van der Waals surface area (Å²) < 4.78 is 0. The minimum absolute atomic E-state index is 0.715. The van der Waals surface area contributed by atoms with Gasteiger partial charge in [0, 0.05) is 39.1 Å². The number of para-hydroxylation sites is 2. The Labute approximate surface area is 262 Å². The van der Waals surface area contributed by atoms with E-state index in [2.05, 4.69) is 168 Å². The molecule has 0 aliphatic carbocycles. The lowest BCUT2D eigenvalue weighted by Gasteiger charge is -2.27. The number of aromatic nitrogens is 1. The second-order valence-corrected chi connectivity index (χ2v) is 11.9. The normalized spacial score (nSPS) is 13.9. The van der Waals surface area contributed by atoms with E-state index in [1.165, 1.54) is 60.1 Å². The van der Waals surface area contributed by atoms with Crippen molar-refractivity contribution in [2.24, 2.45) is 0 Å². The van der Waals surface area contributed by atoms with Crippen LogP contribution in [0, 0.1) is 0 Å². The fourth-order valence-corrected chi connectivity index (χ4v) is 7.18. The molecule has 1 N–H and O–H groups in total. The molecule has 7 aromatic carbocycles. The van der Waals surface area contributed by atoms with Gasteiger partial charge in [0.2, 0.25) is 0 Å². The van der Waals surface area contributed by atoms with Gasteiger partial charge in [0.25, 0.3) is 0 Å². The van der Waals surface area contributed by atoms with Crippen molar-refractivity contribution in [1.29, 1.82) is 0 Å². The van der Waals surface area contributed by atoms with Crippen LogP contribution in [0.5, 0.6) is 0 Å². The minimum Gasteiger partial charge on any atom is -0.356 e. The van der Waals surface area contributed by atoms with Crippen LogP contribution in [0.1, 0.15) is 16.8 Å². The van der Waals surface area contributed by atoms with Crippen molar-refractivity contribution in [3.63, 3.8) is 0 Å². The Kier molecular flexibility index (Phi) is 5.76. The maximum Gasteiger partial charge on any atom is 0.0638 e. The van der Waals surface area contributed by atoms with Gasteiger partial charge in [-0.25, -0.2) is 0 Å². The Morgan fingerprint density at radius 1 is 0.511 bits per heavy atom. The van der Waals surface area contributed by atoms with Crippen molar-refractivity contribution >= 4 is 66.2 Å². The third kappa shape index (κ3) is 4.11. The lowest BCUT2D eigenvalue weighted by molar-refractivity contribution is 0.941. The molecule has 0 atom stereocenters. The van der Waals surface area contributed by atoms with Crippen LogP contribution >= 0.6 is 0 Å². The van der Waals surface area contributed by atoms with Crippen molar-refractivity contribution in [3.8, 4) is 11.1 Å². The summed E-state index contributed by atoms with van der Waals surface area (Å²) in [5, 5.41) is 9.01. The number of allylic oxidation sites excluding steroid dienone is 2. The predicted molar refractivity (Wildman–Crippen MR) is 193 cm³/mol. The Hall–Kier alpha value is -5.86. The molecule has 0 amide bonds. The van der Waals surface area contributed by atoms with Crippen molar-refractivity contribution in [2.75, 3.05) is 4.90 Å². The number of benzene rings is 7. The molecule has 0 radical (unpaired) electrons. The third-order valence-electron chi connectivity index (χ3n) is 9.39. The van der Waals surface area contributed by atoms with Crippen LogP contribution in [0.4, 0.5) is 11.4 Å². The first-order valence-electron chi connectivity index (χ1n) is 15.5. The van der Waals surface area contributed by atoms with E-state index >= 15 is 0 Å². The second kappa shape index (κ2) is 10.1. The Bertz CT molecular complexity index is 2440. The first kappa shape index (κ1) is 25.6. The van der Waals surface area contributed by atoms with Gasteiger partial charge in [-0.3, -0.25) is 0 Å². The molecule has 2 nitrogen and oxygen atoms in total. The lowest BCUT2D eigenvalue weighted by atomic mass is 9.92. The van der Waals surface area contributed by atoms with Gasteiger partial charge < -0.3 is 9.88 Å². The number of hydrogen-bond acceptors (Lipinski definition) is 1. The van der Waals surface area contributed by atoms with Crippen molar-refractivity contribution in [1.82, 2.24) is 4.98 Å². The van der Waals surface area contributed by atoms with E-state index in [0.29, 0.717) is 6.54 Å². The molecule has 45 heavy (non-hydrogen) atoms. The molecule has 1 aliphatic rings. The van der Waals surface area contributed by atoms with Gasteiger partial charge in [0.15, 0.2) is 0 Å². The molecule has 8 aromatic rings. The molecule has 1 aliphatic heterocycles. The molecule has 0 bridgehead atoms. The number of nitrogens with one attached hydrogen (secondary N) is 1. The van der Waals surface area contributed by atoms with Gasteiger partial charge in [0.1, 0.15) is 0 Å². The summed E-state index contributed by atoms with van der Waals surface area (Å²) in [4.78, 5) is 6.12. The summed E-state index contributed by atoms with van der Waals surface area (Å²) in [6.07, 6.45) is 4.36. The van der Waals surface area contributed by atoms with E-state index in [-0.39, 0.29) is 0 Å². The zero-order chi connectivity index (χ0) is 29.9. The van der Waals surface area contributed by atoms with Gasteiger partial charge in [-0.1, -0.05) is 128 Å². The van der Waals surface area contributed by atoms with Crippen molar-refractivity contribution in [3.05, 3.63) is 169 Å². The smallest absolute Gasteiger partial charge is 0.0638 e. The molecule has 0 fully saturated rings. The Morgan fingerprint density at radius 2 is 1.09 bits per heavy atom. The van der Waals surface area contributed by atoms with Crippen LogP contribution in [0.25, 0.3) is 66.0 Å². The highest BCUT2D eigenvalue weighted by Crippen LogP contribution is 2.40. The third-order valence-corrected chi connectivity index (χ3v) is 9.39. The average Bonchev–Trinajstić information content (AvgIpc) is 3.48. The zero-order valence-corrected chi connectivity index (χ0v) is 24.8. The molecule has 2 heteroatoms. The van der Waals surface area contributed by atoms with Gasteiger partial charge in [-0.2, -0.15) is 0 Å². The fraction of sp³-hybridized carbons (Fsp3) is 0.0233. The number of hydrogen-bond donors (Lipinski definition) is 1. The highest BCUT2D eigenvalue weighted by atomic mass is 15.1. The van der Waals surface area contributed by atoms with Crippen molar-refractivity contribution in [2.45, 2.75) is 6.54 Å². The molecular formula is C43H30N2. The number of aromatic amines is 1. The highest BCUT2D eigenvalue weighted by Gasteiger charge is 2.20. The number of rotatable bonds is 2. The van der Waals surface area contributed by atoms with E-state index in [0.717, 1.165) is 28.0 Å². The second-order valence-electron chi connectivity index (χ2n) is 11.9. The number of fused-ring (bicyclic) bond motifs is 10. The summed E-state index contributed by atoms with van der Waals surface area (Å²) in [6, 6.07) is 50.6. The van der Waals surface area contributed by atoms with Gasteiger partial charge >= 0.3 is 0 Å². The summed E-state index contributed by atoms with van der Waals surface area (Å²) in [7, 11) is 0. The molecule has 2 heterocycles. The van der Waals surface area contributed by atoms with Crippen LogP contribution in [0.2, 0.25) is 0 Å². The van der Waals surface area contributed by atoms with Gasteiger partial charge in [-0.05, 0) is 79.3 Å². The molecule has 0 spiro atoms. The number of H-pyrrole nitrogens is 1. The summed E-state index contributed by atoms with van der Waals surface area (Å²) in [5.41, 5.74) is 10.4. The lowest BCUT2D eigenvalue weighted by Crippen LogP contribution is -2.18. The molecule has 0 unspecified atom stereocenters. The topological polar surface area (TPSA) is 19.0 Å². The fourth-order valence-electron chi connectivity index (χ4n) is 7.18. The highest BCUT2D eigenvalue weighted by molar-refractivity contribution is 6.25. The molecular weight excluding hydrogens is 544 g/mol. The van der Waals surface area contributed by atoms with Crippen LogP contribution in [-0.4, -0.2) is 4.98 Å². The van der Waals surface area contributed by atoms with Crippen LogP contribution in [0.3, 0.4) is 0 Å². The molecule has 0 saturated carbocycles. The van der Waals surface area contributed by atoms with Crippen molar-refractivity contribution < 1.29 is 0 Å². The van der Waals surface area contributed by atoms with Crippen LogP contribution in [0.15, 0.2) is 152 Å². The van der Waals surface area contributed by atoms with E-state index in [1.807, 2.05) is 0 Å². The van der Waals surface area contributed by atoms with Crippen LogP contribution in [-0.2, 0) is 6.54 Å². The maximum atomic E-state index is 4.46. The van der Waals surface area contributed by atoms with E-state index in [1.54, 1.807) is 0 Å². The molecule has 0 saturated heterocycles. The predicted octanol–water partition coefficient (Wildman–Crippen LogP) is 11.7. The largest absolute Gasteiger partial charge is 0.356 e. The Balaban J connectivity index is 1.17. The first-order chi connectivity index (χ1) is 22.2. The van der Waals surface area contributed by atoms with E-state index < -0.39 is 0 Å². The van der Waals surface area contributed by atoms with Gasteiger partial charge in [0.05, 0.1) is 6.54 Å². The molecule has 212 valence electrons. The number of nitrogens with zero attached hydrogens (tertiary/aromatic N) is 1. The van der Waals surface area contributed by atoms with E-state index in [9.17, 15) is 0 Å². The monoisotopic (exact) mass is 574 g/mol. The Morgan fingerprint density at radius 3 is 1.82 bits per heavy atom. The summed E-state index contributed by atoms with van der Waals surface area (Å²) in [6.45, 7) is 5.18. The van der Waals surface area contributed by atoms with Gasteiger partial charge in [-0.15, -0.1) is 0 Å². The average molecular weight is 575 g/mol. The molecule has 9 rings (SSSR count). The first-order valence-corrected chi connectivity index (χ1v) is 15.5. The minimum atomic E-state index is 0.715. The standard InChI is InChI=1S/C43H30N2/c1-28-18-24-39-38-15-6-8-16-41(38)44-42(39)27-45(43-17-9-7-10-32(28)43)31-22-19-29(20-23-31)30-21-25-37-35-13-3-2-11-33(35)34-12-4-5-14-36(34)40(37)26-30/h2-26,44H,1,27H2/b24-18-. The van der Waals surface area contributed by atoms with E-state index in [4.69, 9.17) is 0 Å². The summed E-state index contributed by atoms with van der Waals surface area (Å²) in [5.74, 6) is 0. The summed E-state index contributed by atoms with van der Waals surface area (Å²) >= 11 is 0. The molecule has 1 aromatic heterocycles.